The fourth-order valence-corrected chi connectivity index (χ4v) is 3.82. The minimum Gasteiger partial charge on any atom is -0.476 e. The van der Waals surface area contributed by atoms with Gasteiger partial charge in [-0.1, -0.05) is 13.8 Å². The predicted molar refractivity (Wildman–Crippen MR) is 114 cm³/mol. The van der Waals surface area contributed by atoms with E-state index >= 15 is 0 Å². The van der Waals surface area contributed by atoms with Crippen molar-refractivity contribution in [1.29, 1.82) is 0 Å². The number of carbonyl (C=O) groups excluding carboxylic acids is 1. The molecule has 1 aliphatic carbocycles. The van der Waals surface area contributed by atoms with E-state index in [1.165, 1.54) is 0 Å². The zero-order valence-electron chi connectivity index (χ0n) is 18.6. The van der Waals surface area contributed by atoms with Crippen LogP contribution in [0.1, 0.15) is 43.6 Å². The molecule has 0 spiro atoms. The van der Waals surface area contributed by atoms with Crippen molar-refractivity contribution in [1.82, 2.24) is 10.3 Å². The number of pyridine rings is 1. The minimum atomic E-state index is -0.892. The van der Waals surface area contributed by atoms with Crippen molar-refractivity contribution in [2.24, 2.45) is 11.8 Å². The van der Waals surface area contributed by atoms with E-state index in [4.69, 9.17) is 14.2 Å². The number of nitrogens with zero attached hydrogens (tertiary/aromatic N) is 2. The maximum Gasteiger partial charge on any atom is 0.270 e. The van der Waals surface area contributed by atoms with Crippen LogP contribution in [0.15, 0.2) is 12.1 Å². The van der Waals surface area contributed by atoms with Crippen LogP contribution in [0, 0.1) is 11.8 Å². The van der Waals surface area contributed by atoms with Gasteiger partial charge in [0.2, 0.25) is 5.88 Å². The Hall–Kier alpha value is -1.97. The molecule has 3 rings (SSSR count). The number of hydrogen-bond donors (Lipinski definition) is 2. The molecule has 1 amide bonds. The lowest BCUT2D eigenvalue weighted by molar-refractivity contribution is 0.0119. The molecule has 0 radical (unpaired) electrons. The number of rotatable bonds is 13. The maximum absolute atomic E-state index is 13.0. The quantitative estimate of drug-likeness (QED) is 0.486. The van der Waals surface area contributed by atoms with Crippen LogP contribution in [-0.2, 0) is 9.47 Å². The van der Waals surface area contributed by atoms with Crippen molar-refractivity contribution in [2.45, 2.75) is 44.8 Å². The van der Waals surface area contributed by atoms with Gasteiger partial charge in [-0.25, -0.2) is 9.37 Å². The number of halogens is 1. The average molecular weight is 440 g/mol. The summed E-state index contributed by atoms with van der Waals surface area (Å²) < 4.78 is 28.9. The monoisotopic (exact) mass is 439 g/mol. The number of ether oxygens (including phenoxy) is 3. The van der Waals surface area contributed by atoms with E-state index in [1.54, 1.807) is 13.2 Å². The number of hydrogen-bond acceptors (Lipinski definition) is 7. The molecule has 2 heterocycles. The molecule has 2 atom stereocenters. The molecule has 0 bridgehead atoms. The number of alkyl halides is 1. The van der Waals surface area contributed by atoms with E-state index < -0.39 is 12.4 Å². The maximum atomic E-state index is 13.0. The van der Waals surface area contributed by atoms with Crippen LogP contribution >= 0.6 is 0 Å². The summed E-state index contributed by atoms with van der Waals surface area (Å²) >= 11 is 0. The van der Waals surface area contributed by atoms with Gasteiger partial charge in [0.15, 0.2) is 6.86 Å². The summed E-state index contributed by atoms with van der Waals surface area (Å²) in [6.07, 6.45) is 2.31. The molecule has 1 aromatic rings. The number of aromatic nitrogens is 1. The molecule has 1 aromatic heterocycles. The Labute approximate surface area is 183 Å². The smallest absolute Gasteiger partial charge is 0.270 e. The Morgan fingerprint density at radius 1 is 1.32 bits per heavy atom. The number of nitrogens with one attached hydrogen (secondary N) is 1. The number of aliphatic hydroxyl groups is 1. The summed E-state index contributed by atoms with van der Waals surface area (Å²) in [6, 6.07) is 3.52. The normalized spacial score (nSPS) is 21.0. The topological polar surface area (TPSA) is 93.2 Å². The average Bonchev–Trinajstić information content (AvgIpc) is 3.53. The first-order valence-electron chi connectivity index (χ1n) is 11.0. The van der Waals surface area contributed by atoms with Crippen LogP contribution in [0.5, 0.6) is 5.88 Å². The number of carbonyl (C=O) groups is 1. The molecule has 8 nitrogen and oxygen atoms in total. The highest BCUT2D eigenvalue weighted by molar-refractivity contribution is 5.93. The second-order valence-electron chi connectivity index (χ2n) is 8.43. The zero-order valence-corrected chi connectivity index (χ0v) is 18.6. The van der Waals surface area contributed by atoms with Crippen molar-refractivity contribution < 1.29 is 28.5 Å². The van der Waals surface area contributed by atoms with Crippen LogP contribution in [0.3, 0.4) is 0 Å². The number of aliphatic hydroxyl groups excluding tert-OH is 1. The SMILES string of the molecule is CCC(CC)(COCF)NC(=O)c1ccc(N2CC(OC)C2)c(OC[C@H]2C[C@@H]2CO)n1. The minimum absolute atomic E-state index is 0.0973. The molecule has 2 fully saturated rings. The molecule has 0 aromatic carbocycles. The van der Waals surface area contributed by atoms with Gasteiger partial charge in [-0.2, -0.15) is 0 Å². The van der Waals surface area contributed by atoms with Crippen LogP contribution in [-0.4, -0.2) is 74.5 Å². The Bertz CT molecular complexity index is 740. The predicted octanol–water partition coefficient (Wildman–Crippen LogP) is 2.16. The molecular weight excluding hydrogens is 405 g/mol. The summed E-state index contributed by atoms with van der Waals surface area (Å²) in [5.41, 5.74) is 0.406. The molecule has 174 valence electrons. The van der Waals surface area contributed by atoms with Gasteiger partial charge >= 0.3 is 0 Å². The fourth-order valence-electron chi connectivity index (χ4n) is 3.82. The van der Waals surface area contributed by atoms with E-state index in [1.807, 2.05) is 19.9 Å². The van der Waals surface area contributed by atoms with Crippen molar-refractivity contribution in [2.75, 3.05) is 51.8 Å². The second-order valence-corrected chi connectivity index (χ2v) is 8.43. The van der Waals surface area contributed by atoms with Crippen molar-refractivity contribution >= 4 is 11.6 Å². The zero-order chi connectivity index (χ0) is 22.4. The Kier molecular flexibility index (Phi) is 8.07. The van der Waals surface area contributed by atoms with Gasteiger partial charge in [-0.15, -0.1) is 0 Å². The third kappa shape index (κ3) is 5.64. The van der Waals surface area contributed by atoms with Crippen molar-refractivity contribution in [3.63, 3.8) is 0 Å². The van der Waals surface area contributed by atoms with E-state index in [-0.39, 0.29) is 36.8 Å². The highest BCUT2D eigenvalue weighted by Crippen LogP contribution is 2.39. The number of anilines is 1. The van der Waals surface area contributed by atoms with Gasteiger partial charge < -0.3 is 29.5 Å². The summed E-state index contributed by atoms with van der Waals surface area (Å²) in [5, 5.41) is 12.3. The highest BCUT2D eigenvalue weighted by atomic mass is 19.1. The van der Waals surface area contributed by atoms with Gasteiger partial charge in [0.05, 0.1) is 24.9 Å². The van der Waals surface area contributed by atoms with Gasteiger partial charge in [0.1, 0.15) is 11.4 Å². The molecule has 9 heteroatoms. The second kappa shape index (κ2) is 10.6. The van der Waals surface area contributed by atoms with E-state index in [9.17, 15) is 14.3 Å². The van der Waals surface area contributed by atoms with Gasteiger partial charge in [0, 0.05) is 26.8 Å². The third-order valence-electron chi connectivity index (χ3n) is 6.52. The van der Waals surface area contributed by atoms with Crippen LogP contribution in [0.4, 0.5) is 10.1 Å². The summed E-state index contributed by atoms with van der Waals surface area (Å²) in [5.74, 6) is 0.651. The number of methoxy groups -OCH3 is 1. The molecule has 2 aliphatic rings. The van der Waals surface area contributed by atoms with Crippen molar-refractivity contribution in [3.05, 3.63) is 17.8 Å². The molecule has 31 heavy (non-hydrogen) atoms. The van der Waals surface area contributed by atoms with Crippen LogP contribution < -0.4 is 15.0 Å². The molecule has 0 unspecified atom stereocenters. The molecule has 1 saturated carbocycles. The van der Waals surface area contributed by atoms with E-state index in [0.717, 1.165) is 25.2 Å². The Morgan fingerprint density at radius 2 is 2.06 bits per heavy atom. The van der Waals surface area contributed by atoms with Gasteiger partial charge in [-0.05, 0) is 43.2 Å². The summed E-state index contributed by atoms with van der Waals surface area (Å²) in [7, 11) is 1.69. The lowest BCUT2D eigenvalue weighted by Gasteiger charge is -2.40. The fraction of sp³-hybridized carbons (Fsp3) is 0.727. The molecular formula is C22H34FN3O5. The lowest BCUT2D eigenvalue weighted by Crippen LogP contribution is -2.52. The van der Waals surface area contributed by atoms with Crippen LogP contribution in [0.25, 0.3) is 0 Å². The van der Waals surface area contributed by atoms with Crippen LogP contribution in [0.2, 0.25) is 0 Å². The first-order valence-corrected chi connectivity index (χ1v) is 11.0. The third-order valence-corrected chi connectivity index (χ3v) is 6.52. The molecule has 2 N–H and O–H groups in total. The van der Waals surface area contributed by atoms with E-state index in [0.29, 0.717) is 31.2 Å². The summed E-state index contributed by atoms with van der Waals surface area (Å²) in [4.78, 5) is 19.6. The van der Waals surface area contributed by atoms with Gasteiger partial charge in [0.25, 0.3) is 5.91 Å². The molecule has 1 aliphatic heterocycles. The number of amides is 1. The highest BCUT2D eigenvalue weighted by Gasteiger charge is 2.38. The standard InChI is InChI=1S/C22H34FN3O5/c1-4-22(5-2,13-30-14-23)25-20(28)18-6-7-19(26-9-17(10-26)29-3)21(24-18)31-12-16-8-15(16)11-27/h6-7,15-17,27H,4-5,8-14H2,1-3H3,(H,25,28)/t15-,16-/m1/s1. The first-order chi connectivity index (χ1) is 15.0. The largest absolute Gasteiger partial charge is 0.476 e. The first kappa shape index (κ1) is 23.7. The molecule has 1 saturated heterocycles. The van der Waals surface area contributed by atoms with Gasteiger partial charge in [-0.3, -0.25) is 4.79 Å². The summed E-state index contributed by atoms with van der Waals surface area (Å²) in [6.45, 7) is 5.15. The van der Waals surface area contributed by atoms with E-state index in [2.05, 4.69) is 15.2 Å². The lowest BCUT2D eigenvalue weighted by atomic mass is 9.93. The Balaban J connectivity index is 1.75. The Morgan fingerprint density at radius 3 is 2.65 bits per heavy atom. The van der Waals surface area contributed by atoms with Crippen molar-refractivity contribution in [3.8, 4) is 5.88 Å².